The van der Waals surface area contributed by atoms with Crippen LogP contribution in [0.1, 0.15) is 51.7 Å². The van der Waals surface area contributed by atoms with Crippen LogP contribution in [0.5, 0.6) is 0 Å². The summed E-state index contributed by atoms with van der Waals surface area (Å²) < 4.78 is 0. The average molecular weight is 335 g/mol. The zero-order chi connectivity index (χ0) is 18.5. The van der Waals surface area contributed by atoms with E-state index in [2.05, 4.69) is 58.0 Å². The van der Waals surface area contributed by atoms with Crippen molar-refractivity contribution in [3.05, 3.63) is 71.8 Å². The molecule has 0 fully saturated rings. The van der Waals surface area contributed by atoms with Gasteiger partial charge >= 0.3 is 0 Å². The van der Waals surface area contributed by atoms with Crippen molar-refractivity contribution in [2.75, 3.05) is 0 Å². The minimum absolute atomic E-state index is 0.286. The van der Waals surface area contributed by atoms with Gasteiger partial charge in [-0.25, -0.2) is 0 Å². The Morgan fingerprint density at radius 2 is 1.20 bits per heavy atom. The summed E-state index contributed by atoms with van der Waals surface area (Å²) in [6.45, 7) is 8.72. The number of benzene rings is 2. The molecule has 0 radical (unpaired) electrons. The summed E-state index contributed by atoms with van der Waals surface area (Å²) in [6, 6.07) is 22.9. The summed E-state index contributed by atoms with van der Waals surface area (Å²) in [4.78, 5) is 0. The fourth-order valence-electron chi connectivity index (χ4n) is 3.73. The maximum absolute atomic E-state index is 10.3. The quantitative estimate of drug-likeness (QED) is 0.748. The van der Waals surface area contributed by atoms with Gasteiger partial charge in [0.1, 0.15) is 5.41 Å². The molecule has 0 bridgehead atoms. The summed E-state index contributed by atoms with van der Waals surface area (Å²) in [5.41, 5.74) is 7.92. The summed E-state index contributed by atoms with van der Waals surface area (Å²) in [6.07, 6.45) is 1.52. The Morgan fingerprint density at radius 1 is 0.800 bits per heavy atom. The molecule has 0 spiro atoms. The van der Waals surface area contributed by atoms with E-state index in [1.807, 2.05) is 36.4 Å². The molecule has 0 saturated heterocycles. The SMILES string of the molecule is CC(C)C(N)(CCC(C#N)(c1ccccc1)c1ccccc1)C(C)C. The van der Waals surface area contributed by atoms with E-state index >= 15 is 0 Å². The number of nitriles is 1. The lowest BCUT2D eigenvalue weighted by Crippen LogP contribution is -2.50. The van der Waals surface area contributed by atoms with Crippen LogP contribution in [0.15, 0.2) is 60.7 Å². The van der Waals surface area contributed by atoms with E-state index in [1.54, 1.807) is 0 Å². The van der Waals surface area contributed by atoms with Gasteiger partial charge in [0, 0.05) is 5.54 Å². The Kier molecular flexibility index (Phi) is 6.03. The number of hydrogen-bond acceptors (Lipinski definition) is 2. The number of nitrogens with two attached hydrogens (primary N) is 1. The van der Waals surface area contributed by atoms with Crippen molar-refractivity contribution >= 4 is 0 Å². The molecule has 2 rings (SSSR count). The molecule has 0 aliphatic rings. The summed E-state index contributed by atoms with van der Waals surface area (Å²) >= 11 is 0. The first-order valence-electron chi connectivity index (χ1n) is 9.18. The molecular formula is C23H30N2. The van der Waals surface area contributed by atoms with Gasteiger partial charge in [-0.1, -0.05) is 88.4 Å². The Balaban J connectivity index is 2.49. The average Bonchev–Trinajstić information content (AvgIpc) is 2.64. The first-order valence-corrected chi connectivity index (χ1v) is 9.18. The van der Waals surface area contributed by atoms with Crippen molar-refractivity contribution in [1.29, 1.82) is 5.26 Å². The maximum Gasteiger partial charge on any atom is 0.107 e. The molecule has 0 heterocycles. The monoisotopic (exact) mass is 334 g/mol. The van der Waals surface area contributed by atoms with Crippen molar-refractivity contribution in [3.8, 4) is 6.07 Å². The van der Waals surface area contributed by atoms with Crippen LogP contribution in [0.4, 0.5) is 0 Å². The van der Waals surface area contributed by atoms with Crippen molar-refractivity contribution in [1.82, 2.24) is 0 Å². The third kappa shape index (κ3) is 3.78. The van der Waals surface area contributed by atoms with Gasteiger partial charge in [-0.15, -0.1) is 0 Å². The van der Waals surface area contributed by atoms with Crippen LogP contribution in [0, 0.1) is 23.2 Å². The third-order valence-electron chi connectivity index (χ3n) is 5.81. The molecule has 2 aromatic carbocycles. The van der Waals surface area contributed by atoms with Crippen LogP contribution in [-0.2, 0) is 5.41 Å². The van der Waals surface area contributed by atoms with Gasteiger partial charge in [0.2, 0.25) is 0 Å². The first-order chi connectivity index (χ1) is 11.9. The lowest BCUT2D eigenvalue weighted by Gasteiger charge is -2.40. The number of hydrogen-bond donors (Lipinski definition) is 1. The molecule has 132 valence electrons. The van der Waals surface area contributed by atoms with Crippen molar-refractivity contribution in [2.45, 2.75) is 51.5 Å². The van der Waals surface area contributed by atoms with Crippen LogP contribution in [-0.4, -0.2) is 5.54 Å². The Bertz CT molecular complexity index is 648. The minimum atomic E-state index is -0.670. The van der Waals surface area contributed by atoms with Gasteiger partial charge < -0.3 is 5.73 Å². The lowest BCUT2D eigenvalue weighted by atomic mass is 9.67. The van der Waals surface area contributed by atoms with Crippen LogP contribution >= 0.6 is 0 Å². The maximum atomic E-state index is 10.3. The molecule has 25 heavy (non-hydrogen) atoms. The van der Waals surface area contributed by atoms with Crippen LogP contribution in [0.2, 0.25) is 0 Å². The normalized spacial score (nSPS) is 12.4. The molecule has 2 N–H and O–H groups in total. The molecule has 0 aromatic heterocycles. The lowest BCUT2D eigenvalue weighted by molar-refractivity contribution is 0.196. The van der Waals surface area contributed by atoms with E-state index in [1.165, 1.54) is 0 Å². The van der Waals surface area contributed by atoms with E-state index in [0.29, 0.717) is 18.3 Å². The molecule has 0 aliphatic carbocycles. The molecule has 2 aromatic rings. The second-order valence-corrected chi connectivity index (χ2v) is 7.67. The highest BCUT2D eigenvalue weighted by Gasteiger charge is 2.40. The fourth-order valence-corrected chi connectivity index (χ4v) is 3.73. The van der Waals surface area contributed by atoms with Crippen LogP contribution in [0.3, 0.4) is 0 Å². The van der Waals surface area contributed by atoms with E-state index in [4.69, 9.17) is 5.73 Å². The third-order valence-corrected chi connectivity index (χ3v) is 5.81. The molecule has 2 heteroatoms. The summed E-state index contributed by atoms with van der Waals surface area (Å²) in [5, 5.41) is 10.3. The van der Waals surface area contributed by atoms with Gasteiger partial charge in [-0.3, -0.25) is 0 Å². The molecule has 2 nitrogen and oxygen atoms in total. The first kappa shape index (κ1) is 19.2. The van der Waals surface area contributed by atoms with Crippen LogP contribution in [0.25, 0.3) is 0 Å². The highest BCUT2D eigenvalue weighted by atomic mass is 14.8. The number of nitrogens with zero attached hydrogens (tertiary/aromatic N) is 1. The Hall–Kier alpha value is -2.11. The molecule has 0 aliphatic heterocycles. The van der Waals surface area contributed by atoms with Crippen molar-refractivity contribution in [2.24, 2.45) is 17.6 Å². The molecule has 0 atom stereocenters. The van der Waals surface area contributed by atoms with E-state index in [-0.39, 0.29) is 5.54 Å². The van der Waals surface area contributed by atoms with Gasteiger partial charge in [0.15, 0.2) is 0 Å². The number of rotatable bonds is 7. The predicted octanol–water partition coefficient (Wildman–Crippen LogP) is 5.29. The van der Waals surface area contributed by atoms with E-state index in [9.17, 15) is 5.26 Å². The zero-order valence-electron chi connectivity index (χ0n) is 15.9. The standard InChI is InChI=1S/C23H30N2/c1-18(2)23(25,19(3)4)16-15-22(17-24,20-11-7-5-8-12-20)21-13-9-6-10-14-21/h5-14,18-19H,15-16,25H2,1-4H3. The smallest absolute Gasteiger partial charge is 0.107 e. The van der Waals surface area contributed by atoms with Gasteiger partial charge in [0.25, 0.3) is 0 Å². The van der Waals surface area contributed by atoms with Gasteiger partial charge in [0.05, 0.1) is 6.07 Å². The predicted molar refractivity (Wildman–Crippen MR) is 105 cm³/mol. The Morgan fingerprint density at radius 3 is 1.52 bits per heavy atom. The summed E-state index contributed by atoms with van der Waals surface area (Å²) in [7, 11) is 0. The second kappa shape index (κ2) is 7.85. The molecule has 0 saturated carbocycles. The van der Waals surface area contributed by atoms with Crippen LogP contribution < -0.4 is 5.73 Å². The van der Waals surface area contributed by atoms with E-state index in [0.717, 1.165) is 17.5 Å². The van der Waals surface area contributed by atoms with Gasteiger partial charge in [-0.05, 0) is 35.8 Å². The Labute approximate surface area is 152 Å². The topological polar surface area (TPSA) is 49.8 Å². The highest BCUT2D eigenvalue weighted by molar-refractivity contribution is 5.45. The van der Waals surface area contributed by atoms with Crippen molar-refractivity contribution in [3.63, 3.8) is 0 Å². The second-order valence-electron chi connectivity index (χ2n) is 7.67. The van der Waals surface area contributed by atoms with E-state index < -0.39 is 5.41 Å². The highest BCUT2D eigenvalue weighted by Crippen LogP contribution is 2.40. The minimum Gasteiger partial charge on any atom is -0.325 e. The zero-order valence-corrected chi connectivity index (χ0v) is 15.9. The fraction of sp³-hybridized carbons (Fsp3) is 0.435. The largest absolute Gasteiger partial charge is 0.325 e. The van der Waals surface area contributed by atoms with Gasteiger partial charge in [-0.2, -0.15) is 5.26 Å². The summed E-state index contributed by atoms with van der Waals surface area (Å²) in [5.74, 6) is 0.714. The molecule has 0 unspecified atom stereocenters. The molecular weight excluding hydrogens is 304 g/mol. The molecule has 0 amide bonds. The van der Waals surface area contributed by atoms with Crippen molar-refractivity contribution < 1.29 is 0 Å².